The first-order valence-corrected chi connectivity index (χ1v) is 9.01. The quantitative estimate of drug-likeness (QED) is 0.463. The molecule has 134 valence electrons. The Balaban J connectivity index is 1.68. The van der Waals surface area contributed by atoms with Gasteiger partial charge in [0.1, 0.15) is 10.8 Å². The summed E-state index contributed by atoms with van der Waals surface area (Å²) < 4.78 is 26.4. The lowest BCUT2D eigenvalue weighted by atomic mass is 9.93. The Bertz CT molecular complexity index is 925. The predicted molar refractivity (Wildman–Crippen MR) is 104 cm³/mol. The number of rotatable bonds is 4. The first-order chi connectivity index (χ1) is 12.3. The number of thiazole rings is 1. The summed E-state index contributed by atoms with van der Waals surface area (Å²) in [6.07, 6.45) is 1.58. The monoisotopic (exact) mass is 371 g/mol. The maximum absolute atomic E-state index is 13.5. The van der Waals surface area contributed by atoms with Gasteiger partial charge in [-0.25, -0.2) is 13.8 Å². The first kappa shape index (κ1) is 18.2. The van der Waals surface area contributed by atoms with Gasteiger partial charge in [0, 0.05) is 22.4 Å². The Hall–Kier alpha value is -2.60. The summed E-state index contributed by atoms with van der Waals surface area (Å²) in [5, 5.41) is 7.06. The van der Waals surface area contributed by atoms with E-state index in [-0.39, 0.29) is 11.1 Å². The SMILES string of the molecule is CC(C)(C)c1csc(-c2ccc(C=NNc3ccc(F)cc3F)cc2)n1. The third-order valence-electron chi connectivity index (χ3n) is 3.76. The molecule has 3 nitrogen and oxygen atoms in total. The normalized spacial score (nSPS) is 11.9. The molecule has 0 unspecified atom stereocenters. The molecule has 1 N–H and O–H groups in total. The van der Waals surface area contributed by atoms with Gasteiger partial charge in [-0.05, 0) is 17.7 Å². The van der Waals surface area contributed by atoms with Crippen LogP contribution in [0.1, 0.15) is 32.0 Å². The Labute approximate surface area is 155 Å². The van der Waals surface area contributed by atoms with Gasteiger partial charge < -0.3 is 0 Å². The van der Waals surface area contributed by atoms with Crippen LogP contribution in [0.4, 0.5) is 14.5 Å². The zero-order valence-electron chi connectivity index (χ0n) is 14.8. The average Bonchev–Trinajstić information content (AvgIpc) is 3.08. The Morgan fingerprint density at radius 3 is 2.42 bits per heavy atom. The van der Waals surface area contributed by atoms with Crippen molar-refractivity contribution >= 4 is 23.2 Å². The summed E-state index contributed by atoms with van der Waals surface area (Å²) in [5.74, 6) is -1.31. The minimum atomic E-state index is -0.684. The van der Waals surface area contributed by atoms with Crippen molar-refractivity contribution in [3.05, 3.63) is 70.7 Å². The number of hydrogen-bond donors (Lipinski definition) is 1. The van der Waals surface area contributed by atoms with Gasteiger partial charge >= 0.3 is 0 Å². The van der Waals surface area contributed by atoms with Crippen molar-refractivity contribution in [2.45, 2.75) is 26.2 Å². The summed E-state index contributed by atoms with van der Waals surface area (Å²) in [4.78, 5) is 4.70. The van der Waals surface area contributed by atoms with E-state index in [1.54, 1.807) is 17.6 Å². The summed E-state index contributed by atoms with van der Waals surface area (Å²) >= 11 is 1.62. The third-order valence-corrected chi connectivity index (χ3v) is 4.65. The number of halogens is 2. The third kappa shape index (κ3) is 4.32. The lowest BCUT2D eigenvalue weighted by Gasteiger charge is -2.14. The van der Waals surface area contributed by atoms with E-state index in [1.807, 2.05) is 24.3 Å². The van der Waals surface area contributed by atoms with Gasteiger partial charge in [0.05, 0.1) is 17.6 Å². The predicted octanol–water partition coefficient (Wildman–Crippen LogP) is 5.83. The lowest BCUT2D eigenvalue weighted by Crippen LogP contribution is -2.11. The molecule has 0 radical (unpaired) electrons. The topological polar surface area (TPSA) is 37.3 Å². The molecule has 0 atom stereocenters. The molecule has 1 aromatic heterocycles. The van der Waals surface area contributed by atoms with Crippen LogP contribution in [0.2, 0.25) is 0 Å². The highest BCUT2D eigenvalue weighted by atomic mass is 32.1. The molecule has 0 fully saturated rings. The van der Waals surface area contributed by atoms with Gasteiger partial charge in [0.15, 0.2) is 5.82 Å². The Morgan fingerprint density at radius 1 is 1.08 bits per heavy atom. The van der Waals surface area contributed by atoms with Crippen molar-refractivity contribution in [3.8, 4) is 10.6 Å². The zero-order chi connectivity index (χ0) is 18.7. The van der Waals surface area contributed by atoms with E-state index in [0.29, 0.717) is 0 Å². The van der Waals surface area contributed by atoms with E-state index in [0.717, 1.165) is 27.9 Å². The molecule has 0 bridgehead atoms. The summed E-state index contributed by atoms with van der Waals surface area (Å²) in [5.41, 5.74) is 5.70. The Kier molecular flexibility index (Phi) is 5.13. The molecule has 0 spiro atoms. The van der Waals surface area contributed by atoms with Crippen LogP contribution in [0.25, 0.3) is 10.6 Å². The number of aromatic nitrogens is 1. The first-order valence-electron chi connectivity index (χ1n) is 8.13. The zero-order valence-corrected chi connectivity index (χ0v) is 15.6. The highest BCUT2D eigenvalue weighted by molar-refractivity contribution is 7.13. The Morgan fingerprint density at radius 2 is 1.81 bits per heavy atom. The number of anilines is 1. The number of nitrogens with one attached hydrogen (secondary N) is 1. The number of benzene rings is 2. The molecule has 0 saturated carbocycles. The second-order valence-electron chi connectivity index (χ2n) is 6.90. The van der Waals surface area contributed by atoms with Gasteiger partial charge in [-0.15, -0.1) is 11.3 Å². The highest BCUT2D eigenvalue weighted by Gasteiger charge is 2.17. The molecule has 2 aromatic carbocycles. The fourth-order valence-electron chi connectivity index (χ4n) is 2.22. The maximum Gasteiger partial charge on any atom is 0.151 e. The minimum Gasteiger partial charge on any atom is -0.276 e. The van der Waals surface area contributed by atoms with Crippen LogP contribution in [0.3, 0.4) is 0 Å². The lowest BCUT2D eigenvalue weighted by molar-refractivity contribution is 0.573. The second-order valence-corrected chi connectivity index (χ2v) is 7.76. The van der Waals surface area contributed by atoms with Crippen LogP contribution in [-0.2, 0) is 5.41 Å². The van der Waals surface area contributed by atoms with Crippen molar-refractivity contribution in [2.75, 3.05) is 5.43 Å². The van der Waals surface area contributed by atoms with Gasteiger partial charge in [0.2, 0.25) is 0 Å². The summed E-state index contributed by atoms with van der Waals surface area (Å²) in [6.45, 7) is 6.42. The van der Waals surface area contributed by atoms with Crippen molar-refractivity contribution in [2.24, 2.45) is 5.10 Å². The van der Waals surface area contributed by atoms with Crippen LogP contribution >= 0.6 is 11.3 Å². The molecule has 6 heteroatoms. The standard InChI is InChI=1S/C20H19F2N3S/c1-20(2,3)18-12-26-19(24-18)14-6-4-13(5-7-14)11-23-25-17-9-8-15(21)10-16(17)22/h4-12,25H,1-3H3. The van der Waals surface area contributed by atoms with Crippen LogP contribution < -0.4 is 5.43 Å². The van der Waals surface area contributed by atoms with Gasteiger partial charge in [-0.3, -0.25) is 5.43 Å². The molecular weight excluding hydrogens is 352 g/mol. The summed E-state index contributed by atoms with van der Waals surface area (Å²) in [7, 11) is 0. The maximum atomic E-state index is 13.5. The van der Waals surface area contributed by atoms with E-state index in [9.17, 15) is 8.78 Å². The average molecular weight is 371 g/mol. The van der Waals surface area contributed by atoms with Crippen LogP contribution in [-0.4, -0.2) is 11.2 Å². The molecule has 3 rings (SSSR count). The number of nitrogens with zero attached hydrogens (tertiary/aromatic N) is 2. The fraction of sp³-hybridized carbons (Fsp3) is 0.200. The second kappa shape index (κ2) is 7.33. The van der Waals surface area contributed by atoms with Crippen LogP contribution in [0.5, 0.6) is 0 Å². The molecule has 26 heavy (non-hydrogen) atoms. The van der Waals surface area contributed by atoms with Gasteiger partial charge in [-0.1, -0.05) is 45.0 Å². The highest BCUT2D eigenvalue weighted by Crippen LogP contribution is 2.29. The molecule has 3 aromatic rings. The van der Waals surface area contributed by atoms with Gasteiger partial charge in [0.25, 0.3) is 0 Å². The van der Waals surface area contributed by atoms with E-state index in [4.69, 9.17) is 4.98 Å². The van der Waals surface area contributed by atoms with Crippen molar-refractivity contribution in [1.82, 2.24) is 4.98 Å². The summed E-state index contributed by atoms with van der Waals surface area (Å²) in [6, 6.07) is 11.1. The van der Waals surface area contributed by atoms with Crippen LogP contribution in [0.15, 0.2) is 52.9 Å². The van der Waals surface area contributed by atoms with Crippen LogP contribution in [0, 0.1) is 11.6 Å². The van der Waals surface area contributed by atoms with Gasteiger partial charge in [-0.2, -0.15) is 5.10 Å². The van der Waals surface area contributed by atoms with Crippen molar-refractivity contribution < 1.29 is 8.78 Å². The minimum absolute atomic E-state index is 0.0304. The molecule has 0 aliphatic rings. The van der Waals surface area contributed by atoms with E-state index < -0.39 is 11.6 Å². The molecule has 1 heterocycles. The molecule has 0 aliphatic heterocycles. The molecule has 0 amide bonds. The van der Waals surface area contributed by atoms with E-state index in [2.05, 4.69) is 36.7 Å². The van der Waals surface area contributed by atoms with Crippen molar-refractivity contribution in [3.63, 3.8) is 0 Å². The number of hydrogen-bond acceptors (Lipinski definition) is 4. The largest absolute Gasteiger partial charge is 0.276 e. The number of hydrazone groups is 1. The van der Waals surface area contributed by atoms with E-state index in [1.165, 1.54) is 12.1 Å². The molecule has 0 saturated heterocycles. The molecular formula is C20H19F2N3S. The van der Waals surface area contributed by atoms with E-state index >= 15 is 0 Å². The fourth-order valence-corrected chi connectivity index (χ4v) is 3.27. The van der Waals surface area contributed by atoms with Crippen molar-refractivity contribution in [1.29, 1.82) is 0 Å². The smallest absolute Gasteiger partial charge is 0.151 e. The molecule has 0 aliphatic carbocycles.